The van der Waals surface area contributed by atoms with Crippen LogP contribution in [0.1, 0.15) is 10.6 Å². The molecule has 0 atom stereocenters. The van der Waals surface area contributed by atoms with Gasteiger partial charge >= 0.3 is 6.18 Å². The monoisotopic (exact) mass is 316 g/mol. The first-order valence-electron chi connectivity index (χ1n) is 6.04. The summed E-state index contributed by atoms with van der Waals surface area (Å²) in [7, 11) is 0. The molecule has 0 saturated carbocycles. The molecule has 2 N–H and O–H groups in total. The van der Waals surface area contributed by atoms with Crippen molar-refractivity contribution >= 4 is 17.5 Å². The number of amides is 2. The topological polar surface area (TPSA) is 89.2 Å². The van der Waals surface area contributed by atoms with Gasteiger partial charge in [0.1, 0.15) is 6.54 Å². The number of halogens is 3. The van der Waals surface area contributed by atoms with Crippen LogP contribution in [0.3, 0.4) is 0 Å². The molecule has 0 saturated heterocycles. The molecule has 0 aromatic carbocycles. The third kappa shape index (κ3) is 4.65. The standard InChI is InChI=1S/C12H11F3N4O3/c13-12(14,15)7-19-6-8(4-17-19)18-10(20)5-16-11(21)9-2-1-3-22-9/h1-4,6H,5,7H2,(H,16,21)(H,18,20). The van der Waals surface area contributed by atoms with Crippen LogP contribution in [0.2, 0.25) is 0 Å². The minimum Gasteiger partial charge on any atom is -0.459 e. The molecule has 0 aliphatic heterocycles. The van der Waals surface area contributed by atoms with Crippen molar-refractivity contribution in [2.75, 3.05) is 11.9 Å². The Hall–Kier alpha value is -2.78. The number of nitrogens with one attached hydrogen (secondary N) is 2. The highest BCUT2D eigenvalue weighted by Crippen LogP contribution is 2.17. The zero-order valence-corrected chi connectivity index (χ0v) is 11.1. The number of carbonyl (C=O) groups excluding carboxylic acids is 2. The highest BCUT2D eigenvalue weighted by Gasteiger charge is 2.28. The van der Waals surface area contributed by atoms with Gasteiger partial charge in [-0.05, 0) is 12.1 Å². The quantitative estimate of drug-likeness (QED) is 0.873. The first-order valence-corrected chi connectivity index (χ1v) is 6.04. The summed E-state index contributed by atoms with van der Waals surface area (Å²) in [4.78, 5) is 23.1. The zero-order chi connectivity index (χ0) is 16.2. The Balaban J connectivity index is 1.81. The average molecular weight is 316 g/mol. The summed E-state index contributed by atoms with van der Waals surface area (Å²) in [5.74, 6) is -1.13. The van der Waals surface area contributed by atoms with Crippen molar-refractivity contribution in [3.8, 4) is 0 Å². The van der Waals surface area contributed by atoms with E-state index in [1.54, 1.807) is 0 Å². The van der Waals surface area contributed by atoms with E-state index in [1.165, 1.54) is 18.4 Å². The number of nitrogens with zero attached hydrogens (tertiary/aromatic N) is 2. The molecule has 2 rings (SSSR count). The molecule has 22 heavy (non-hydrogen) atoms. The molecule has 2 aromatic heterocycles. The fourth-order valence-electron chi connectivity index (χ4n) is 1.56. The lowest BCUT2D eigenvalue weighted by Crippen LogP contribution is -2.32. The minimum atomic E-state index is -4.40. The maximum absolute atomic E-state index is 12.2. The van der Waals surface area contributed by atoms with Crippen LogP contribution in [0.4, 0.5) is 18.9 Å². The molecule has 0 aliphatic carbocycles. The van der Waals surface area contributed by atoms with Crippen molar-refractivity contribution in [1.82, 2.24) is 15.1 Å². The van der Waals surface area contributed by atoms with E-state index in [1.807, 2.05) is 0 Å². The second-order valence-corrected chi connectivity index (χ2v) is 4.25. The molecule has 0 aliphatic rings. The second-order valence-electron chi connectivity index (χ2n) is 4.25. The normalized spacial score (nSPS) is 11.2. The van der Waals surface area contributed by atoms with Gasteiger partial charge in [0, 0.05) is 6.20 Å². The van der Waals surface area contributed by atoms with Gasteiger partial charge in [0.2, 0.25) is 5.91 Å². The predicted octanol–water partition coefficient (Wildman–Crippen LogP) is 1.41. The molecule has 7 nitrogen and oxygen atoms in total. The van der Waals surface area contributed by atoms with Crippen LogP contribution in [0.25, 0.3) is 0 Å². The highest BCUT2D eigenvalue weighted by atomic mass is 19.4. The molecule has 0 spiro atoms. The Kier molecular flexibility index (Phi) is 4.49. The van der Waals surface area contributed by atoms with Crippen molar-refractivity contribution < 1.29 is 27.2 Å². The lowest BCUT2D eigenvalue weighted by molar-refractivity contribution is -0.142. The third-order valence-corrected chi connectivity index (χ3v) is 2.41. The Morgan fingerprint density at radius 3 is 2.77 bits per heavy atom. The van der Waals surface area contributed by atoms with Gasteiger partial charge in [-0.3, -0.25) is 14.3 Å². The second kappa shape index (κ2) is 6.33. The molecule has 0 fully saturated rings. The largest absolute Gasteiger partial charge is 0.459 e. The minimum absolute atomic E-state index is 0.0470. The number of hydrogen-bond acceptors (Lipinski definition) is 4. The van der Waals surface area contributed by atoms with Crippen molar-refractivity contribution in [3.63, 3.8) is 0 Å². The first kappa shape index (κ1) is 15.6. The Morgan fingerprint density at radius 2 is 2.14 bits per heavy atom. The van der Waals surface area contributed by atoms with Crippen molar-refractivity contribution in [2.24, 2.45) is 0 Å². The zero-order valence-electron chi connectivity index (χ0n) is 11.1. The average Bonchev–Trinajstić information content (AvgIpc) is 3.06. The van der Waals surface area contributed by atoms with Crippen LogP contribution in [-0.2, 0) is 11.3 Å². The summed E-state index contributed by atoms with van der Waals surface area (Å²) >= 11 is 0. The summed E-state index contributed by atoms with van der Waals surface area (Å²) in [6.07, 6.45) is -0.966. The summed E-state index contributed by atoms with van der Waals surface area (Å²) in [5, 5.41) is 8.08. The Morgan fingerprint density at radius 1 is 1.36 bits per heavy atom. The van der Waals surface area contributed by atoms with Crippen LogP contribution in [0, 0.1) is 0 Å². The number of aromatic nitrogens is 2. The van der Waals surface area contributed by atoms with E-state index in [0.29, 0.717) is 4.68 Å². The first-order chi connectivity index (χ1) is 10.3. The number of carbonyl (C=O) groups is 2. The van der Waals surface area contributed by atoms with Crippen molar-refractivity contribution in [2.45, 2.75) is 12.7 Å². The smallest absolute Gasteiger partial charge is 0.408 e. The number of hydrogen-bond donors (Lipinski definition) is 2. The predicted molar refractivity (Wildman–Crippen MR) is 68.0 cm³/mol. The molecule has 0 bridgehead atoms. The summed E-state index contributed by atoms with van der Waals surface area (Å²) in [6.45, 7) is -1.61. The van der Waals surface area contributed by atoms with Gasteiger partial charge in [-0.1, -0.05) is 0 Å². The van der Waals surface area contributed by atoms with E-state index < -0.39 is 24.5 Å². The lowest BCUT2D eigenvalue weighted by atomic mass is 10.4. The van der Waals surface area contributed by atoms with E-state index in [0.717, 1.165) is 12.4 Å². The van der Waals surface area contributed by atoms with Crippen LogP contribution < -0.4 is 10.6 Å². The molecule has 2 aromatic rings. The maximum Gasteiger partial charge on any atom is 0.408 e. The maximum atomic E-state index is 12.2. The molecule has 10 heteroatoms. The van der Waals surface area contributed by atoms with Gasteiger partial charge in [0.25, 0.3) is 5.91 Å². The highest BCUT2D eigenvalue weighted by molar-refractivity contribution is 5.97. The SMILES string of the molecule is O=C(CNC(=O)c1ccco1)Nc1cnn(CC(F)(F)F)c1. The third-order valence-electron chi connectivity index (χ3n) is 2.41. The van der Waals surface area contributed by atoms with Gasteiger partial charge in [-0.15, -0.1) is 0 Å². The van der Waals surface area contributed by atoms with Gasteiger partial charge in [0.15, 0.2) is 5.76 Å². The van der Waals surface area contributed by atoms with E-state index in [2.05, 4.69) is 15.7 Å². The molecule has 2 heterocycles. The number of alkyl halides is 3. The van der Waals surface area contributed by atoms with Crippen LogP contribution in [0.15, 0.2) is 35.2 Å². The molecular formula is C12H11F3N4O3. The molecule has 0 radical (unpaired) electrons. The van der Waals surface area contributed by atoms with Crippen molar-refractivity contribution in [3.05, 3.63) is 36.5 Å². The fourth-order valence-corrected chi connectivity index (χ4v) is 1.56. The molecule has 118 valence electrons. The van der Waals surface area contributed by atoms with Gasteiger partial charge < -0.3 is 15.1 Å². The van der Waals surface area contributed by atoms with Crippen LogP contribution in [-0.4, -0.2) is 34.3 Å². The van der Waals surface area contributed by atoms with E-state index in [9.17, 15) is 22.8 Å². The van der Waals surface area contributed by atoms with E-state index >= 15 is 0 Å². The Bertz CT molecular complexity index is 649. The molecule has 2 amide bonds. The van der Waals surface area contributed by atoms with Crippen LogP contribution >= 0.6 is 0 Å². The number of furan rings is 1. The van der Waals surface area contributed by atoms with E-state index in [-0.39, 0.29) is 18.0 Å². The number of anilines is 1. The summed E-state index contributed by atoms with van der Waals surface area (Å²) in [5.41, 5.74) is 0.0986. The Labute approximate surface area is 122 Å². The van der Waals surface area contributed by atoms with Crippen molar-refractivity contribution in [1.29, 1.82) is 0 Å². The lowest BCUT2D eigenvalue weighted by Gasteiger charge is -2.05. The summed E-state index contributed by atoms with van der Waals surface area (Å²) < 4.78 is 41.9. The molecule has 0 unspecified atom stereocenters. The van der Waals surface area contributed by atoms with E-state index in [4.69, 9.17) is 4.42 Å². The van der Waals surface area contributed by atoms with Gasteiger partial charge in [-0.25, -0.2) is 0 Å². The van der Waals surface area contributed by atoms with Crippen LogP contribution in [0.5, 0.6) is 0 Å². The number of rotatable bonds is 5. The van der Waals surface area contributed by atoms with Gasteiger partial charge in [-0.2, -0.15) is 18.3 Å². The fraction of sp³-hybridized carbons (Fsp3) is 0.250. The molecular weight excluding hydrogens is 305 g/mol. The van der Waals surface area contributed by atoms with Gasteiger partial charge in [0.05, 0.1) is 24.7 Å². The summed E-state index contributed by atoms with van der Waals surface area (Å²) in [6, 6.07) is 2.94.